The predicted octanol–water partition coefficient (Wildman–Crippen LogP) is -8.81. The van der Waals surface area contributed by atoms with Crippen molar-refractivity contribution in [3.05, 3.63) is 0 Å². The molecule has 0 rings (SSSR count). The average molecular weight is 246 g/mol. The molecule has 0 saturated heterocycles. The second-order valence-corrected chi connectivity index (χ2v) is 2.30. The fraction of sp³-hybridized carbons (Fsp3) is 0. The summed E-state index contributed by atoms with van der Waals surface area (Å²) in [4.78, 5) is 24.5. The molecule has 48 valence electrons. The van der Waals surface area contributed by atoms with E-state index in [9.17, 15) is 9.36 Å². The summed E-state index contributed by atoms with van der Waals surface area (Å²) in [5, 5.41) is 7.49. The molecule has 0 spiro atoms. The maximum atomic E-state index is 9.43. The number of hydrogen-bond acceptors (Lipinski definition) is 2. The Hall–Kier alpha value is 4.53. The molecule has 0 aliphatic carbocycles. The van der Waals surface area contributed by atoms with Gasteiger partial charge in [-0.25, -0.2) is 9.36 Å². The minimum absolute atomic E-state index is 0. The SMILES string of the molecule is O=C(O)P(=O)(O)O.[H-].[H-].[H-].[K+].[K+].[K+]. The molecule has 0 amide bonds. The van der Waals surface area contributed by atoms with Crippen molar-refractivity contribution < 1.29 is 183 Å². The molecule has 0 saturated carbocycles. The van der Waals surface area contributed by atoms with Crippen molar-refractivity contribution in [3.63, 3.8) is 0 Å². The molecule has 5 nitrogen and oxygen atoms in total. The van der Waals surface area contributed by atoms with Crippen molar-refractivity contribution in [1.82, 2.24) is 0 Å². The van der Waals surface area contributed by atoms with Crippen LogP contribution in [-0.2, 0) is 4.57 Å². The van der Waals surface area contributed by atoms with Crippen molar-refractivity contribution in [1.29, 1.82) is 0 Å². The van der Waals surface area contributed by atoms with Gasteiger partial charge in [0, 0.05) is 0 Å². The van der Waals surface area contributed by atoms with Crippen molar-refractivity contribution in [3.8, 4) is 0 Å². The number of carboxylic acid groups (broad SMARTS) is 1. The summed E-state index contributed by atoms with van der Waals surface area (Å²) in [7, 11) is -4.82. The first-order valence-electron chi connectivity index (χ1n) is 1.23. The van der Waals surface area contributed by atoms with E-state index >= 15 is 0 Å². The van der Waals surface area contributed by atoms with Gasteiger partial charge in [-0.2, -0.15) is 0 Å². The van der Waals surface area contributed by atoms with Gasteiger partial charge >= 0.3 is 167 Å². The second kappa shape index (κ2) is 11.6. The van der Waals surface area contributed by atoms with E-state index < -0.39 is 13.3 Å². The number of rotatable bonds is 1. The Bertz CT molecular complexity index is 139. The van der Waals surface area contributed by atoms with E-state index in [0.29, 0.717) is 0 Å². The summed E-state index contributed by atoms with van der Waals surface area (Å²) in [6.45, 7) is 0. The topological polar surface area (TPSA) is 94.8 Å². The van der Waals surface area contributed by atoms with E-state index in [1.807, 2.05) is 0 Å². The maximum absolute atomic E-state index is 9.43. The zero-order valence-corrected chi connectivity index (χ0v) is 16.4. The van der Waals surface area contributed by atoms with Crippen LogP contribution in [0.2, 0.25) is 0 Å². The zero-order chi connectivity index (χ0) is 6.08. The first-order valence-corrected chi connectivity index (χ1v) is 2.85. The Morgan fingerprint density at radius 1 is 1.20 bits per heavy atom. The van der Waals surface area contributed by atoms with Crippen molar-refractivity contribution in [2.24, 2.45) is 0 Å². The van der Waals surface area contributed by atoms with Crippen molar-refractivity contribution in [2.45, 2.75) is 0 Å². The van der Waals surface area contributed by atoms with Crippen LogP contribution in [0.1, 0.15) is 4.28 Å². The van der Waals surface area contributed by atoms with Gasteiger partial charge in [-0.05, 0) is 0 Å². The van der Waals surface area contributed by atoms with Crippen molar-refractivity contribution >= 4 is 13.3 Å². The Kier molecular flexibility index (Phi) is 27.8. The molecule has 0 radical (unpaired) electrons. The molecule has 0 aliphatic rings. The Labute approximate surface area is 190 Å². The fourth-order valence-electron chi connectivity index (χ4n) is 0. The molecule has 0 aromatic carbocycles. The predicted molar refractivity (Wildman–Crippen MR) is 23.4 cm³/mol. The molecule has 3 N–H and O–H groups in total. The number of carbonyl (C=O) groups is 1. The molecule has 0 aliphatic heterocycles. The fourth-order valence-corrected chi connectivity index (χ4v) is 0. The Morgan fingerprint density at radius 3 is 1.30 bits per heavy atom. The third-order valence-electron chi connectivity index (χ3n) is 0.249. The van der Waals surface area contributed by atoms with Crippen LogP contribution in [0.4, 0.5) is 4.79 Å². The summed E-state index contributed by atoms with van der Waals surface area (Å²) < 4.78 is 9.43. The van der Waals surface area contributed by atoms with Gasteiger partial charge in [0.15, 0.2) is 0 Å². The zero-order valence-electron chi connectivity index (χ0n) is 9.11. The van der Waals surface area contributed by atoms with E-state index in [0.717, 1.165) is 0 Å². The van der Waals surface area contributed by atoms with Crippen LogP contribution in [0.15, 0.2) is 0 Å². The molecular formula is CH6K3O5P. The van der Waals surface area contributed by atoms with Crippen LogP contribution >= 0.6 is 7.60 Å². The van der Waals surface area contributed by atoms with Gasteiger partial charge < -0.3 is 19.2 Å². The number of hydrogen-bond donors (Lipinski definition) is 3. The van der Waals surface area contributed by atoms with E-state index in [4.69, 9.17) is 14.9 Å². The van der Waals surface area contributed by atoms with E-state index in [-0.39, 0.29) is 158 Å². The first kappa shape index (κ1) is 24.0. The van der Waals surface area contributed by atoms with Crippen LogP contribution in [0.25, 0.3) is 0 Å². The smallest absolute Gasteiger partial charge is 1.00 e. The third-order valence-corrected chi connectivity index (χ3v) is 0.748. The molecule has 0 atom stereocenters. The van der Waals surface area contributed by atoms with Gasteiger partial charge in [-0.1, -0.05) is 0 Å². The summed E-state index contributed by atoms with van der Waals surface area (Å²) >= 11 is 0. The van der Waals surface area contributed by atoms with Crippen LogP contribution < -0.4 is 154 Å². The van der Waals surface area contributed by atoms with Gasteiger partial charge in [-0.3, -0.25) is 0 Å². The minimum Gasteiger partial charge on any atom is -1.00 e. The van der Waals surface area contributed by atoms with Crippen molar-refractivity contribution in [2.75, 3.05) is 0 Å². The summed E-state index contributed by atoms with van der Waals surface area (Å²) in [5.41, 5.74) is -2.09. The molecule has 0 unspecified atom stereocenters. The van der Waals surface area contributed by atoms with Crippen LogP contribution in [-0.4, -0.2) is 20.6 Å². The molecule has 10 heavy (non-hydrogen) atoms. The van der Waals surface area contributed by atoms with Gasteiger partial charge in [0.05, 0.1) is 0 Å². The Balaban J connectivity index is -0.0000000120. The van der Waals surface area contributed by atoms with Gasteiger partial charge in [0.2, 0.25) is 0 Å². The van der Waals surface area contributed by atoms with E-state index in [1.54, 1.807) is 0 Å². The molecule has 0 aromatic heterocycles. The maximum Gasteiger partial charge on any atom is 1.00 e. The van der Waals surface area contributed by atoms with Crippen LogP contribution in [0, 0.1) is 0 Å². The summed E-state index contributed by atoms with van der Waals surface area (Å²) in [5.74, 6) is 0. The van der Waals surface area contributed by atoms with Gasteiger partial charge in [0.25, 0.3) is 0 Å². The van der Waals surface area contributed by atoms with Gasteiger partial charge in [-0.15, -0.1) is 0 Å². The second-order valence-electron chi connectivity index (χ2n) is 0.827. The molecule has 0 bridgehead atoms. The Morgan fingerprint density at radius 2 is 1.30 bits per heavy atom. The molecule has 0 aromatic rings. The largest absolute Gasteiger partial charge is 1.00 e. The minimum atomic E-state index is -4.82. The molecule has 0 fully saturated rings. The molecular weight excluding hydrogens is 240 g/mol. The van der Waals surface area contributed by atoms with Crippen LogP contribution in [0.3, 0.4) is 0 Å². The monoisotopic (exact) mass is 246 g/mol. The average Bonchev–Trinajstić information content (AvgIpc) is 1.31. The quantitative estimate of drug-likeness (QED) is 0.315. The van der Waals surface area contributed by atoms with Gasteiger partial charge in [0.1, 0.15) is 0 Å². The summed E-state index contributed by atoms with van der Waals surface area (Å²) in [6.07, 6.45) is 0. The molecule has 9 heteroatoms. The first-order chi connectivity index (χ1) is 2.94. The van der Waals surface area contributed by atoms with E-state index in [2.05, 4.69) is 0 Å². The standard InChI is InChI=1S/CH3O5P.3K.3H/c2-1(3)7(4,5)6;;;;;;/h(H,2,3)(H2,4,5,6);;;;;;/q;3*+1;3*-1. The molecule has 0 heterocycles. The normalized spacial score (nSPS) is 7.80. The van der Waals surface area contributed by atoms with Crippen LogP contribution in [0.5, 0.6) is 0 Å². The third kappa shape index (κ3) is 15.0. The summed E-state index contributed by atoms with van der Waals surface area (Å²) in [6, 6.07) is 0. The van der Waals surface area contributed by atoms with E-state index in [1.165, 1.54) is 0 Å².